The fourth-order valence-electron chi connectivity index (χ4n) is 2.81. The zero-order valence-electron chi connectivity index (χ0n) is 14.2. The number of nitrogens with zero attached hydrogens (tertiary/aromatic N) is 1. The Bertz CT molecular complexity index is 773. The Kier molecular flexibility index (Phi) is 4.88. The zero-order chi connectivity index (χ0) is 18.0. The quantitative estimate of drug-likeness (QED) is 0.647. The van der Waals surface area contributed by atoms with Crippen molar-refractivity contribution in [2.75, 3.05) is 6.61 Å². The van der Waals surface area contributed by atoms with Crippen LogP contribution in [0.1, 0.15) is 59.4 Å². The highest BCUT2D eigenvalue weighted by atomic mass is 19.4. The topological polar surface area (TPSA) is 35.3 Å². The summed E-state index contributed by atoms with van der Waals surface area (Å²) in [5.41, 5.74) is 2.41. The number of ether oxygens (including phenoxy) is 1. The van der Waals surface area contributed by atoms with Crippen LogP contribution in [0.4, 0.5) is 13.2 Å². The molecule has 0 radical (unpaired) electrons. The predicted molar refractivity (Wildman–Crippen MR) is 88.1 cm³/mol. The SMILES string of the molecule is CCO/C=C\c1ccc(C(F)(F)F)cc1Cc1c(C2CC2)noc1C. The van der Waals surface area contributed by atoms with Crippen molar-refractivity contribution in [3.05, 3.63) is 58.2 Å². The van der Waals surface area contributed by atoms with Crippen LogP contribution < -0.4 is 0 Å². The van der Waals surface area contributed by atoms with Gasteiger partial charge in [0.2, 0.25) is 0 Å². The summed E-state index contributed by atoms with van der Waals surface area (Å²) in [7, 11) is 0. The lowest BCUT2D eigenvalue weighted by Gasteiger charge is -2.12. The molecule has 0 spiro atoms. The normalized spacial score (nSPS) is 15.1. The van der Waals surface area contributed by atoms with Crippen LogP contribution in [0.5, 0.6) is 0 Å². The third-order valence-corrected chi connectivity index (χ3v) is 4.33. The molecule has 3 nitrogen and oxygen atoms in total. The summed E-state index contributed by atoms with van der Waals surface area (Å²) in [5.74, 6) is 1.04. The summed E-state index contributed by atoms with van der Waals surface area (Å²) in [6, 6.07) is 3.78. The van der Waals surface area contributed by atoms with Gasteiger partial charge in [0.1, 0.15) is 5.76 Å². The van der Waals surface area contributed by atoms with Crippen molar-refractivity contribution in [1.82, 2.24) is 5.16 Å². The van der Waals surface area contributed by atoms with E-state index in [-0.39, 0.29) is 0 Å². The van der Waals surface area contributed by atoms with E-state index in [4.69, 9.17) is 9.26 Å². The molecule has 0 atom stereocenters. The second kappa shape index (κ2) is 6.94. The van der Waals surface area contributed by atoms with Crippen molar-refractivity contribution in [2.24, 2.45) is 0 Å². The van der Waals surface area contributed by atoms with Gasteiger partial charge in [-0.15, -0.1) is 0 Å². The number of alkyl halides is 3. The van der Waals surface area contributed by atoms with Crippen LogP contribution >= 0.6 is 0 Å². The summed E-state index contributed by atoms with van der Waals surface area (Å²) in [6.45, 7) is 4.15. The molecule has 25 heavy (non-hydrogen) atoms. The van der Waals surface area contributed by atoms with Crippen molar-refractivity contribution in [3.63, 3.8) is 0 Å². The minimum absolute atomic E-state index is 0.358. The van der Waals surface area contributed by atoms with E-state index < -0.39 is 11.7 Å². The number of hydrogen-bond acceptors (Lipinski definition) is 3. The highest BCUT2D eigenvalue weighted by molar-refractivity contribution is 5.56. The molecule has 134 valence electrons. The zero-order valence-corrected chi connectivity index (χ0v) is 14.2. The number of rotatable bonds is 6. The van der Waals surface area contributed by atoms with E-state index in [9.17, 15) is 13.2 Å². The lowest BCUT2D eigenvalue weighted by atomic mass is 9.95. The smallest absolute Gasteiger partial charge is 0.416 e. The molecule has 3 rings (SSSR count). The summed E-state index contributed by atoms with van der Waals surface area (Å²) in [5, 5.41) is 4.11. The molecule has 0 unspecified atom stereocenters. The Hall–Kier alpha value is -2.24. The van der Waals surface area contributed by atoms with Gasteiger partial charge in [0.15, 0.2) is 0 Å². The van der Waals surface area contributed by atoms with E-state index in [1.54, 1.807) is 13.0 Å². The fourth-order valence-corrected chi connectivity index (χ4v) is 2.81. The van der Waals surface area contributed by atoms with E-state index >= 15 is 0 Å². The Morgan fingerprint density at radius 3 is 2.72 bits per heavy atom. The van der Waals surface area contributed by atoms with Gasteiger partial charge < -0.3 is 9.26 Å². The van der Waals surface area contributed by atoms with E-state index in [2.05, 4.69) is 5.16 Å². The molecule has 0 amide bonds. The van der Waals surface area contributed by atoms with E-state index in [1.807, 2.05) is 6.92 Å². The molecular weight excluding hydrogens is 331 g/mol. The highest BCUT2D eigenvalue weighted by Crippen LogP contribution is 2.42. The van der Waals surface area contributed by atoms with Gasteiger partial charge in [-0.2, -0.15) is 13.2 Å². The highest BCUT2D eigenvalue weighted by Gasteiger charge is 2.33. The molecule has 0 bridgehead atoms. The minimum Gasteiger partial charge on any atom is -0.501 e. The number of benzene rings is 1. The summed E-state index contributed by atoms with van der Waals surface area (Å²) in [6.07, 6.45) is 1.29. The standard InChI is InChI=1S/C19H20F3NO2/c1-3-24-9-8-13-6-7-16(19(20,21)22)10-15(13)11-17-12(2)25-23-18(17)14-4-5-14/h6-10,14H,3-5,11H2,1-2H3/b9-8-. The van der Waals surface area contributed by atoms with Gasteiger partial charge in [-0.05, 0) is 56.0 Å². The first kappa shape index (κ1) is 17.6. The Labute approximate surface area is 144 Å². The molecule has 1 aliphatic rings. The molecule has 1 heterocycles. The fraction of sp³-hybridized carbons (Fsp3) is 0.421. The van der Waals surface area contributed by atoms with Crippen LogP contribution in [0.3, 0.4) is 0 Å². The summed E-state index contributed by atoms with van der Waals surface area (Å²) < 4.78 is 49.8. The monoisotopic (exact) mass is 351 g/mol. The largest absolute Gasteiger partial charge is 0.501 e. The molecule has 1 aliphatic carbocycles. The number of aromatic nitrogens is 1. The molecule has 0 aliphatic heterocycles. The lowest BCUT2D eigenvalue weighted by Crippen LogP contribution is -2.07. The van der Waals surface area contributed by atoms with Gasteiger partial charge >= 0.3 is 6.18 Å². The number of halogens is 3. The molecule has 0 saturated heterocycles. The van der Waals surface area contributed by atoms with Crippen LogP contribution in [0.2, 0.25) is 0 Å². The average molecular weight is 351 g/mol. The van der Waals surface area contributed by atoms with E-state index in [0.29, 0.717) is 35.8 Å². The lowest BCUT2D eigenvalue weighted by molar-refractivity contribution is -0.137. The molecule has 1 aromatic heterocycles. The maximum atomic E-state index is 13.1. The molecular formula is C19H20F3NO2. The summed E-state index contributed by atoms with van der Waals surface area (Å²) in [4.78, 5) is 0. The second-order valence-electron chi connectivity index (χ2n) is 6.22. The maximum Gasteiger partial charge on any atom is 0.416 e. The van der Waals surface area contributed by atoms with E-state index in [0.717, 1.165) is 30.2 Å². The summed E-state index contributed by atoms with van der Waals surface area (Å²) >= 11 is 0. The second-order valence-corrected chi connectivity index (χ2v) is 6.22. The molecule has 1 saturated carbocycles. The molecule has 1 aromatic carbocycles. The first-order valence-corrected chi connectivity index (χ1v) is 8.33. The minimum atomic E-state index is -4.38. The van der Waals surface area contributed by atoms with Gasteiger partial charge in [-0.25, -0.2) is 0 Å². The van der Waals surface area contributed by atoms with Crippen molar-refractivity contribution >= 4 is 6.08 Å². The third-order valence-electron chi connectivity index (χ3n) is 4.33. The van der Waals surface area contributed by atoms with E-state index in [1.165, 1.54) is 18.4 Å². The number of hydrogen-bond donors (Lipinski definition) is 0. The van der Waals surface area contributed by atoms with Gasteiger partial charge in [-0.3, -0.25) is 0 Å². The van der Waals surface area contributed by atoms with Crippen molar-refractivity contribution in [1.29, 1.82) is 0 Å². The molecule has 2 aromatic rings. The van der Waals surface area contributed by atoms with Crippen molar-refractivity contribution in [3.8, 4) is 0 Å². The van der Waals surface area contributed by atoms with Crippen LogP contribution in [0, 0.1) is 6.92 Å². The molecule has 0 N–H and O–H groups in total. The first-order chi connectivity index (χ1) is 11.9. The van der Waals surface area contributed by atoms with Crippen LogP contribution in [-0.2, 0) is 17.3 Å². The van der Waals surface area contributed by atoms with Gasteiger partial charge in [-0.1, -0.05) is 11.2 Å². The van der Waals surface area contributed by atoms with Gasteiger partial charge in [0.05, 0.1) is 24.1 Å². The van der Waals surface area contributed by atoms with Crippen LogP contribution in [0.15, 0.2) is 29.0 Å². The molecule has 1 fully saturated rings. The van der Waals surface area contributed by atoms with Crippen molar-refractivity contribution < 1.29 is 22.4 Å². The third kappa shape index (κ3) is 4.06. The Morgan fingerprint density at radius 1 is 1.32 bits per heavy atom. The van der Waals surface area contributed by atoms with Crippen LogP contribution in [-0.4, -0.2) is 11.8 Å². The molecule has 6 heteroatoms. The number of aryl methyl sites for hydroxylation is 1. The average Bonchev–Trinajstić information content (AvgIpc) is 3.33. The maximum absolute atomic E-state index is 13.1. The van der Waals surface area contributed by atoms with Crippen LogP contribution in [0.25, 0.3) is 6.08 Å². The van der Waals surface area contributed by atoms with Crippen molar-refractivity contribution in [2.45, 2.75) is 45.2 Å². The van der Waals surface area contributed by atoms with Gasteiger partial charge in [0, 0.05) is 17.9 Å². The first-order valence-electron chi connectivity index (χ1n) is 8.33. The Balaban J connectivity index is 1.98. The van der Waals surface area contributed by atoms with Gasteiger partial charge in [0.25, 0.3) is 0 Å². The Morgan fingerprint density at radius 2 is 2.08 bits per heavy atom. The predicted octanol–water partition coefficient (Wildman–Crippen LogP) is 5.48.